The van der Waals surface area contributed by atoms with E-state index in [2.05, 4.69) is 20.5 Å². The molecule has 1 N–H and O–H groups in total. The molecule has 1 aromatic heterocycles. The summed E-state index contributed by atoms with van der Waals surface area (Å²) in [7, 11) is 0. The molecule has 1 saturated heterocycles. The third kappa shape index (κ3) is 1.50. The molecule has 1 aromatic rings. The Morgan fingerprint density at radius 1 is 1.21 bits per heavy atom. The number of nitrogens with zero attached hydrogens (tertiary/aromatic N) is 3. The van der Waals surface area contributed by atoms with Crippen LogP contribution in [0.3, 0.4) is 0 Å². The Bertz CT molecular complexity index is 329. The molecule has 1 aliphatic carbocycles. The Kier molecular flexibility index (Phi) is 1.94. The summed E-state index contributed by atoms with van der Waals surface area (Å²) < 4.78 is 0. The maximum Gasteiger partial charge on any atom is 0.155 e. The predicted molar refractivity (Wildman–Crippen MR) is 52.0 cm³/mol. The van der Waals surface area contributed by atoms with E-state index < -0.39 is 0 Å². The molecule has 1 atom stereocenters. The van der Waals surface area contributed by atoms with Gasteiger partial charge in [0.05, 0.1) is 11.9 Å². The smallest absolute Gasteiger partial charge is 0.155 e. The van der Waals surface area contributed by atoms with Crippen LogP contribution < -0.4 is 5.32 Å². The topological polar surface area (TPSA) is 50.7 Å². The van der Waals surface area contributed by atoms with Crippen molar-refractivity contribution in [2.75, 3.05) is 13.1 Å². The average Bonchev–Trinajstić information content (AvgIpc) is 2.94. The molecular formula is C10H14N4. The van der Waals surface area contributed by atoms with Gasteiger partial charge in [0.1, 0.15) is 0 Å². The number of rotatable bonds is 2. The average molecular weight is 190 g/mol. The van der Waals surface area contributed by atoms with Crippen LogP contribution in [0.1, 0.15) is 42.6 Å². The fourth-order valence-electron chi connectivity index (χ4n) is 1.95. The Morgan fingerprint density at radius 2 is 2.14 bits per heavy atom. The van der Waals surface area contributed by atoms with Gasteiger partial charge in [-0.15, -0.1) is 5.10 Å². The van der Waals surface area contributed by atoms with E-state index in [-0.39, 0.29) is 0 Å². The summed E-state index contributed by atoms with van der Waals surface area (Å²) in [5.41, 5.74) is 1.15. The molecule has 2 heterocycles. The number of hydrogen-bond donors (Lipinski definition) is 1. The summed E-state index contributed by atoms with van der Waals surface area (Å²) in [4.78, 5) is 4.60. The Morgan fingerprint density at radius 3 is 2.86 bits per heavy atom. The van der Waals surface area contributed by atoms with Crippen molar-refractivity contribution in [2.24, 2.45) is 0 Å². The van der Waals surface area contributed by atoms with E-state index in [1.165, 1.54) is 12.8 Å². The van der Waals surface area contributed by atoms with Crippen LogP contribution in [-0.4, -0.2) is 28.3 Å². The van der Waals surface area contributed by atoms with Gasteiger partial charge in [-0.1, -0.05) is 0 Å². The van der Waals surface area contributed by atoms with Crippen molar-refractivity contribution in [1.29, 1.82) is 0 Å². The van der Waals surface area contributed by atoms with Gasteiger partial charge in [-0.2, -0.15) is 5.10 Å². The van der Waals surface area contributed by atoms with Gasteiger partial charge in [-0.3, -0.25) is 0 Å². The largest absolute Gasteiger partial charge is 0.316 e. The van der Waals surface area contributed by atoms with E-state index >= 15 is 0 Å². The van der Waals surface area contributed by atoms with Crippen LogP contribution >= 0.6 is 0 Å². The van der Waals surface area contributed by atoms with E-state index in [0.717, 1.165) is 31.0 Å². The molecule has 0 radical (unpaired) electrons. The maximum absolute atomic E-state index is 4.60. The van der Waals surface area contributed by atoms with Gasteiger partial charge in [0.25, 0.3) is 0 Å². The van der Waals surface area contributed by atoms with Crippen LogP contribution in [-0.2, 0) is 0 Å². The number of nitrogens with one attached hydrogen (secondary N) is 1. The van der Waals surface area contributed by atoms with Gasteiger partial charge in [-0.05, 0) is 25.8 Å². The van der Waals surface area contributed by atoms with Crippen LogP contribution in [0.2, 0.25) is 0 Å². The van der Waals surface area contributed by atoms with Gasteiger partial charge < -0.3 is 5.32 Å². The first-order valence-corrected chi connectivity index (χ1v) is 5.34. The molecule has 0 spiro atoms. The lowest BCUT2D eigenvalue weighted by atomic mass is 10.1. The van der Waals surface area contributed by atoms with Crippen molar-refractivity contribution in [1.82, 2.24) is 20.5 Å². The van der Waals surface area contributed by atoms with Gasteiger partial charge in [0, 0.05) is 18.4 Å². The van der Waals surface area contributed by atoms with E-state index in [1.54, 1.807) is 0 Å². The monoisotopic (exact) mass is 190 g/mol. The summed E-state index contributed by atoms with van der Waals surface area (Å²) >= 11 is 0. The minimum atomic E-state index is 0.487. The first kappa shape index (κ1) is 8.29. The van der Waals surface area contributed by atoms with Crippen molar-refractivity contribution < 1.29 is 0 Å². The fourth-order valence-corrected chi connectivity index (χ4v) is 1.95. The highest BCUT2D eigenvalue weighted by Crippen LogP contribution is 2.38. The Hall–Kier alpha value is -1.03. The highest BCUT2D eigenvalue weighted by atomic mass is 15.2. The summed E-state index contributed by atoms with van der Waals surface area (Å²) in [5.74, 6) is 2.11. The highest BCUT2D eigenvalue weighted by Gasteiger charge is 2.27. The summed E-state index contributed by atoms with van der Waals surface area (Å²) in [6.07, 6.45) is 5.53. The van der Waals surface area contributed by atoms with Crippen LogP contribution in [0.15, 0.2) is 6.20 Å². The molecule has 2 fully saturated rings. The molecule has 0 bridgehead atoms. The van der Waals surface area contributed by atoms with Gasteiger partial charge in [0.2, 0.25) is 0 Å². The predicted octanol–water partition coefficient (Wildman–Crippen LogP) is 0.826. The zero-order valence-corrected chi connectivity index (χ0v) is 8.11. The molecule has 0 aromatic carbocycles. The highest BCUT2D eigenvalue weighted by molar-refractivity contribution is 5.12. The van der Waals surface area contributed by atoms with Crippen LogP contribution in [0.5, 0.6) is 0 Å². The lowest BCUT2D eigenvalue weighted by molar-refractivity contribution is 0.665. The first-order valence-electron chi connectivity index (χ1n) is 5.34. The number of aromatic nitrogens is 3. The second kappa shape index (κ2) is 3.28. The molecule has 2 aliphatic rings. The van der Waals surface area contributed by atoms with Gasteiger partial charge in [-0.25, -0.2) is 4.98 Å². The molecule has 74 valence electrons. The van der Waals surface area contributed by atoms with Gasteiger partial charge >= 0.3 is 0 Å². The van der Waals surface area contributed by atoms with Crippen molar-refractivity contribution in [3.8, 4) is 0 Å². The third-order valence-electron chi connectivity index (χ3n) is 3.01. The molecule has 3 rings (SSSR count). The van der Waals surface area contributed by atoms with Crippen LogP contribution in [0.4, 0.5) is 0 Å². The minimum absolute atomic E-state index is 0.487. The third-order valence-corrected chi connectivity index (χ3v) is 3.01. The second-order valence-electron chi connectivity index (χ2n) is 4.20. The van der Waals surface area contributed by atoms with Crippen LogP contribution in [0.25, 0.3) is 0 Å². The molecule has 14 heavy (non-hydrogen) atoms. The molecule has 4 nitrogen and oxygen atoms in total. The normalized spacial score (nSPS) is 26.7. The fraction of sp³-hybridized carbons (Fsp3) is 0.700. The molecule has 1 aliphatic heterocycles. The van der Waals surface area contributed by atoms with E-state index in [4.69, 9.17) is 0 Å². The molecular weight excluding hydrogens is 176 g/mol. The lowest BCUT2D eigenvalue weighted by Crippen LogP contribution is -2.11. The maximum atomic E-state index is 4.60. The Labute approximate surface area is 83.2 Å². The second-order valence-corrected chi connectivity index (χ2v) is 4.20. The SMILES string of the molecule is c1nnc(C2CCNC2)nc1C1CC1. The first-order chi connectivity index (χ1) is 6.93. The summed E-state index contributed by atoms with van der Waals surface area (Å²) in [6, 6.07) is 0. The van der Waals surface area contributed by atoms with Gasteiger partial charge in [0.15, 0.2) is 5.82 Å². The van der Waals surface area contributed by atoms with E-state index in [1.807, 2.05) is 6.20 Å². The quantitative estimate of drug-likeness (QED) is 0.750. The molecule has 0 amide bonds. The Balaban J connectivity index is 1.85. The van der Waals surface area contributed by atoms with Crippen molar-refractivity contribution in [2.45, 2.75) is 31.1 Å². The summed E-state index contributed by atoms with van der Waals surface area (Å²) in [5, 5.41) is 11.5. The molecule has 1 unspecified atom stereocenters. The molecule has 4 heteroatoms. The van der Waals surface area contributed by atoms with E-state index in [9.17, 15) is 0 Å². The van der Waals surface area contributed by atoms with Crippen molar-refractivity contribution in [3.63, 3.8) is 0 Å². The minimum Gasteiger partial charge on any atom is -0.316 e. The standard InChI is InChI=1S/C10H14N4/c1-2-7(1)9-6-12-14-10(13-9)8-3-4-11-5-8/h6-8,11H,1-5H2. The van der Waals surface area contributed by atoms with Crippen molar-refractivity contribution >= 4 is 0 Å². The summed E-state index contributed by atoms with van der Waals surface area (Å²) in [6.45, 7) is 2.09. The molecule has 1 saturated carbocycles. The van der Waals surface area contributed by atoms with Crippen molar-refractivity contribution in [3.05, 3.63) is 17.7 Å². The zero-order valence-electron chi connectivity index (χ0n) is 8.11. The number of hydrogen-bond acceptors (Lipinski definition) is 4. The zero-order chi connectivity index (χ0) is 9.38. The van der Waals surface area contributed by atoms with Crippen LogP contribution in [0, 0.1) is 0 Å². The lowest BCUT2D eigenvalue weighted by Gasteiger charge is -2.06. The van der Waals surface area contributed by atoms with E-state index in [0.29, 0.717) is 11.8 Å².